The van der Waals surface area contributed by atoms with Gasteiger partial charge in [0.2, 0.25) is 0 Å². The van der Waals surface area contributed by atoms with Crippen LogP contribution < -0.4 is 5.30 Å². The molecule has 0 fully saturated rings. The van der Waals surface area contributed by atoms with Crippen molar-refractivity contribution >= 4 is 19.6 Å². The van der Waals surface area contributed by atoms with Crippen molar-refractivity contribution in [3.63, 3.8) is 0 Å². The highest BCUT2D eigenvalue weighted by Gasteiger charge is 2.30. The van der Waals surface area contributed by atoms with E-state index < -0.39 is 0 Å². The van der Waals surface area contributed by atoms with Crippen LogP contribution in [-0.4, -0.2) is 17.9 Å². The number of aryl methyl sites for hydroxylation is 3. The van der Waals surface area contributed by atoms with E-state index in [0.717, 1.165) is 23.3 Å². The molecule has 134 valence electrons. The molecule has 0 aromatic heterocycles. The minimum Gasteiger partial charge on any atom is -0.507 e. The van der Waals surface area contributed by atoms with Crippen molar-refractivity contribution in [2.24, 2.45) is 4.99 Å². The summed E-state index contributed by atoms with van der Waals surface area (Å²) in [7, 11) is 2.41. The van der Waals surface area contributed by atoms with Crippen LogP contribution in [0.3, 0.4) is 0 Å². The molecule has 2 atom stereocenters. The molecule has 1 N–H and O–H groups in total. The monoisotopic (exact) mass is 355 g/mol. The fourth-order valence-corrected chi connectivity index (χ4v) is 4.99. The zero-order valence-electron chi connectivity index (χ0n) is 16.5. The van der Waals surface area contributed by atoms with Crippen LogP contribution in [0.2, 0.25) is 0 Å². The van der Waals surface area contributed by atoms with Crippen LogP contribution in [-0.2, 0) is 5.16 Å². The summed E-state index contributed by atoms with van der Waals surface area (Å²) in [5, 5.41) is 12.0. The first kappa shape index (κ1) is 19.7. The number of hydrogen-bond donors (Lipinski definition) is 1. The van der Waals surface area contributed by atoms with E-state index in [4.69, 9.17) is 0 Å². The maximum absolute atomic E-state index is 10.7. The first-order valence-corrected chi connectivity index (χ1v) is 9.85. The molecule has 2 rings (SSSR count). The van der Waals surface area contributed by atoms with Crippen LogP contribution in [0.4, 0.5) is 0 Å². The quantitative estimate of drug-likeness (QED) is 0.566. The zero-order valence-corrected chi connectivity index (χ0v) is 17.5. The molecule has 0 amide bonds. The molecule has 0 saturated carbocycles. The summed E-state index contributed by atoms with van der Waals surface area (Å²) in [5.74, 6) is 0.443. The van der Waals surface area contributed by atoms with Crippen LogP contribution in [0.25, 0.3) is 0 Å². The largest absolute Gasteiger partial charge is 0.507 e. The maximum atomic E-state index is 10.7. The third-order valence-corrected chi connectivity index (χ3v) is 7.23. The van der Waals surface area contributed by atoms with Gasteiger partial charge in [-0.3, -0.25) is 4.99 Å². The molecule has 0 aliphatic rings. The van der Waals surface area contributed by atoms with E-state index in [1.54, 1.807) is 0 Å². The minimum absolute atomic E-state index is 0.101. The molecule has 0 bridgehead atoms. The molecule has 0 saturated heterocycles. The van der Waals surface area contributed by atoms with Gasteiger partial charge in [-0.15, -0.1) is 0 Å². The van der Waals surface area contributed by atoms with Gasteiger partial charge < -0.3 is 5.11 Å². The predicted molar refractivity (Wildman–Crippen MR) is 112 cm³/mol. The van der Waals surface area contributed by atoms with Crippen LogP contribution in [0.1, 0.15) is 55.0 Å². The summed E-state index contributed by atoms with van der Waals surface area (Å²) in [6.45, 7) is 12.8. The topological polar surface area (TPSA) is 32.6 Å². The number of aromatic hydroxyl groups is 1. The van der Waals surface area contributed by atoms with Crippen LogP contribution in [0.5, 0.6) is 5.75 Å². The molecular weight excluding hydrogens is 325 g/mol. The lowest BCUT2D eigenvalue weighted by Gasteiger charge is -2.32. The standard InChI is InChI=1S/C22H30NOP/c1-8-22(6,19-13-14(2)12-16(4)20(19)24)25-21-15(3)10-9-11-18(21)17(5)23-7/h9-13,24-25H,8H2,1-7H3/b23-17+. The van der Waals surface area contributed by atoms with Gasteiger partial charge >= 0.3 is 0 Å². The molecule has 2 unspecified atom stereocenters. The third kappa shape index (κ3) is 3.96. The highest BCUT2D eigenvalue weighted by atomic mass is 31.1. The van der Waals surface area contributed by atoms with E-state index in [-0.39, 0.29) is 5.16 Å². The average Bonchev–Trinajstić information content (AvgIpc) is 2.58. The molecule has 0 aliphatic heterocycles. The van der Waals surface area contributed by atoms with Gasteiger partial charge in [-0.2, -0.15) is 0 Å². The third-order valence-electron chi connectivity index (χ3n) is 5.15. The number of nitrogens with zero attached hydrogens (tertiary/aromatic N) is 1. The predicted octanol–water partition coefficient (Wildman–Crippen LogP) is 5.39. The van der Waals surface area contributed by atoms with Gasteiger partial charge in [-0.25, -0.2) is 0 Å². The normalized spacial score (nSPS) is 14.9. The Balaban J connectivity index is 2.61. The Bertz CT molecular complexity index is 810. The summed E-state index contributed by atoms with van der Waals surface area (Å²) in [6.07, 6.45) is 0.970. The van der Waals surface area contributed by atoms with Gasteiger partial charge in [0.1, 0.15) is 5.75 Å². The van der Waals surface area contributed by atoms with Crippen LogP contribution in [0.15, 0.2) is 35.3 Å². The second-order valence-electron chi connectivity index (χ2n) is 7.10. The Morgan fingerprint density at radius 2 is 1.84 bits per heavy atom. The summed E-state index contributed by atoms with van der Waals surface area (Å²) >= 11 is 0. The van der Waals surface area contributed by atoms with Crippen molar-refractivity contribution in [1.29, 1.82) is 0 Å². The maximum Gasteiger partial charge on any atom is 0.122 e. The molecule has 0 spiro atoms. The highest BCUT2D eigenvalue weighted by molar-refractivity contribution is 7.49. The van der Waals surface area contributed by atoms with Crippen molar-refractivity contribution in [3.05, 3.63) is 58.1 Å². The molecule has 0 radical (unpaired) electrons. The Labute approximate surface area is 154 Å². The number of phenolic OH excluding ortho intramolecular Hbond substituents is 1. The van der Waals surface area contributed by atoms with Gasteiger partial charge in [-0.05, 0) is 50.5 Å². The SMILES string of the molecule is CCC(C)(Pc1c(C)cccc1/C(C)=N/C)c1cc(C)cc(C)c1O. The second-order valence-corrected chi connectivity index (χ2v) is 8.95. The van der Waals surface area contributed by atoms with E-state index in [9.17, 15) is 5.11 Å². The van der Waals surface area contributed by atoms with E-state index >= 15 is 0 Å². The summed E-state index contributed by atoms with van der Waals surface area (Å²) in [4.78, 5) is 4.41. The van der Waals surface area contributed by atoms with Crippen molar-refractivity contribution in [1.82, 2.24) is 0 Å². The van der Waals surface area contributed by atoms with Crippen molar-refractivity contribution in [2.75, 3.05) is 7.05 Å². The lowest BCUT2D eigenvalue weighted by atomic mass is 9.93. The van der Waals surface area contributed by atoms with Crippen molar-refractivity contribution < 1.29 is 5.11 Å². The fraction of sp³-hybridized carbons (Fsp3) is 0.409. The number of benzene rings is 2. The lowest BCUT2D eigenvalue weighted by Crippen LogP contribution is -2.23. The van der Waals surface area contributed by atoms with E-state index in [1.165, 1.54) is 22.0 Å². The molecular formula is C22H30NOP. The first-order chi connectivity index (χ1) is 11.7. The number of rotatable bonds is 5. The highest BCUT2D eigenvalue weighted by Crippen LogP contribution is 2.48. The van der Waals surface area contributed by atoms with Gasteiger partial charge in [0.25, 0.3) is 0 Å². The molecule has 2 aromatic rings. The van der Waals surface area contributed by atoms with Crippen LogP contribution >= 0.6 is 8.58 Å². The van der Waals surface area contributed by atoms with E-state index in [1.807, 2.05) is 20.0 Å². The fourth-order valence-electron chi connectivity index (χ4n) is 3.26. The van der Waals surface area contributed by atoms with E-state index in [2.05, 4.69) is 63.9 Å². The Morgan fingerprint density at radius 1 is 1.16 bits per heavy atom. The zero-order chi connectivity index (χ0) is 18.8. The Kier molecular flexibility index (Phi) is 6.06. The smallest absolute Gasteiger partial charge is 0.122 e. The molecule has 2 aromatic carbocycles. The summed E-state index contributed by atoms with van der Waals surface area (Å²) < 4.78 is 0. The molecule has 25 heavy (non-hydrogen) atoms. The molecule has 0 heterocycles. The van der Waals surface area contributed by atoms with Gasteiger partial charge in [0, 0.05) is 29.0 Å². The summed E-state index contributed by atoms with van der Waals surface area (Å²) in [6, 6.07) is 10.6. The van der Waals surface area contributed by atoms with Gasteiger partial charge in [0.05, 0.1) is 0 Å². The van der Waals surface area contributed by atoms with Crippen molar-refractivity contribution in [2.45, 2.75) is 53.1 Å². The number of hydrogen-bond acceptors (Lipinski definition) is 2. The number of aliphatic imine (C=N–C) groups is 1. The average molecular weight is 355 g/mol. The molecule has 2 nitrogen and oxygen atoms in total. The van der Waals surface area contributed by atoms with Crippen LogP contribution in [0, 0.1) is 20.8 Å². The minimum atomic E-state index is -0.101. The van der Waals surface area contributed by atoms with Gasteiger partial charge in [-0.1, -0.05) is 58.3 Å². The molecule has 0 aliphatic carbocycles. The first-order valence-electron chi connectivity index (χ1n) is 8.85. The Hall–Kier alpha value is -1.66. The van der Waals surface area contributed by atoms with E-state index in [0.29, 0.717) is 14.3 Å². The summed E-state index contributed by atoms with van der Waals surface area (Å²) in [5.41, 5.74) is 6.80. The number of phenols is 1. The lowest BCUT2D eigenvalue weighted by molar-refractivity contribution is 0.452. The second kappa shape index (κ2) is 7.70. The Morgan fingerprint density at radius 3 is 2.44 bits per heavy atom. The molecule has 3 heteroatoms. The van der Waals surface area contributed by atoms with Gasteiger partial charge in [0.15, 0.2) is 0 Å². The van der Waals surface area contributed by atoms with Crippen molar-refractivity contribution in [3.8, 4) is 5.75 Å².